The van der Waals surface area contributed by atoms with Crippen LogP contribution < -0.4 is 11.3 Å². The van der Waals surface area contributed by atoms with Crippen molar-refractivity contribution in [2.45, 2.75) is 6.92 Å². The first-order valence-electron chi connectivity index (χ1n) is 2.97. The zero-order valence-corrected chi connectivity index (χ0v) is 7.67. The molecule has 0 saturated carbocycles. The zero-order chi connectivity index (χ0) is 7.56. The van der Waals surface area contributed by atoms with Crippen LogP contribution in [0.1, 0.15) is 5.56 Å². The minimum atomic E-state index is 0. The molecular formula is C7H10Cl2N2. The summed E-state index contributed by atoms with van der Waals surface area (Å²) in [5.74, 6) is 5.21. The van der Waals surface area contributed by atoms with Crippen molar-refractivity contribution >= 4 is 29.7 Å². The standard InChI is InChI=1S/C7H9ClN2.ClH/c1-5-4-6(8)2-3-7(5)10-9;/h2-4,10H,9H2,1H3;1H. The van der Waals surface area contributed by atoms with Crippen molar-refractivity contribution in [2.75, 3.05) is 5.43 Å². The van der Waals surface area contributed by atoms with Gasteiger partial charge in [-0.1, -0.05) is 11.6 Å². The average molecular weight is 193 g/mol. The second kappa shape index (κ2) is 4.44. The van der Waals surface area contributed by atoms with Crippen LogP contribution in [0.25, 0.3) is 0 Å². The maximum Gasteiger partial charge on any atom is 0.0515 e. The lowest BCUT2D eigenvalue weighted by Crippen LogP contribution is -2.07. The number of anilines is 1. The van der Waals surface area contributed by atoms with Crippen LogP contribution in [0.4, 0.5) is 5.69 Å². The van der Waals surface area contributed by atoms with Gasteiger partial charge in [0.05, 0.1) is 5.69 Å². The summed E-state index contributed by atoms with van der Waals surface area (Å²) in [4.78, 5) is 0. The quantitative estimate of drug-likeness (QED) is 0.530. The highest BCUT2D eigenvalue weighted by Crippen LogP contribution is 2.17. The van der Waals surface area contributed by atoms with Gasteiger partial charge in [0.15, 0.2) is 0 Å². The number of hydrogen-bond donors (Lipinski definition) is 2. The lowest BCUT2D eigenvalue weighted by Gasteiger charge is -2.03. The van der Waals surface area contributed by atoms with Gasteiger partial charge < -0.3 is 5.43 Å². The number of hydrazine groups is 1. The summed E-state index contributed by atoms with van der Waals surface area (Å²) in [6.45, 7) is 1.95. The van der Waals surface area contributed by atoms with Gasteiger partial charge >= 0.3 is 0 Å². The highest BCUT2D eigenvalue weighted by molar-refractivity contribution is 6.30. The summed E-state index contributed by atoms with van der Waals surface area (Å²) < 4.78 is 0. The maximum absolute atomic E-state index is 5.71. The summed E-state index contributed by atoms with van der Waals surface area (Å²) in [6, 6.07) is 5.50. The Kier molecular flexibility index (Phi) is 4.26. The Morgan fingerprint density at radius 1 is 1.45 bits per heavy atom. The predicted octanol–water partition coefficient (Wildman–Crippen LogP) is 2.36. The van der Waals surface area contributed by atoms with Gasteiger partial charge in [-0.2, -0.15) is 0 Å². The van der Waals surface area contributed by atoms with E-state index in [1.807, 2.05) is 19.1 Å². The van der Waals surface area contributed by atoms with Gasteiger partial charge in [0.1, 0.15) is 0 Å². The molecule has 0 bridgehead atoms. The van der Waals surface area contributed by atoms with Crippen LogP contribution in [0.3, 0.4) is 0 Å². The molecule has 0 heterocycles. The Hall–Kier alpha value is -0.440. The molecule has 0 aliphatic carbocycles. The van der Waals surface area contributed by atoms with E-state index in [0.29, 0.717) is 0 Å². The molecule has 0 spiro atoms. The predicted molar refractivity (Wildman–Crippen MR) is 51.2 cm³/mol. The molecule has 0 amide bonds. The molecule has 4 heteroatoms. The van der Waals surface area contributed by atoms with Crippen LogP contribution in [-0.4, -0.2) is 0 Å². The molecule has 0 aliphatic heterocycles. The second-order valence-electron chi connectivity index (χ2n) is 2.10. The Morgan fingerprint density at radius 3 is 2.55 bits per heavy atom. The number of halogens is 2. The van der Waals surface area contributed by atoms with Gasteiger partial charge in [-0.25, -0.2) is 0 Å². The van der Waals surface area contributed by atoms with Crippen molar-refractivity contribution in [3.63, 3.8) is 0 Å². The van der Waals surface area contributed by atoms with Crippen LogP contribution in [0.15, 0.2) is 18.2 Å². The lowest BCUT2D eigenvalue weighted by molar-refractivity contribution is 1.31. The van der Waals surface area contributed by atoms with E-state index in [4.69, 9.17) is 17.4 Å². The van der Waals surface area contributed by atoms with Crippen molar-refractivity contribution in [3.05, 3.63) is 28.8 Å². The fourth-order valence-electron chi connectivity index (χ4n) is 0.789. The first-order chi connectivity index (χ1) is 4.74. The van der Waals surface area contributed by atoms with Gasteiger partial charge in [0.2, 0.25) is 0 Å². The summed E-state index contributed by atoms with van der Waals surface area (Å²) in [6.07, 6.45) is 0. The minimum Gasteiger partial charge on any atom is -0.324 e. The maximum atomic E-state index is 5.71. The lowest BCUT2D eigenvalue weighted by atomic mass is 10.2. The fourth-order valence-corrected chi connectivity index (χ4v) is 1.02. The SMILES string of the molecule is Cc1cc(Cl)ccc1NN.Cl. The van der Waals surface area contributed by atoms with E-state index >= 15 is 0 Å². The van der Waals surface area contributed by atoms with Crippen molar-refractivity contribution in [3.8, 4) is 0 Å². The molecule has 0 radical (unpaired) electrons. The number of nitrogens with two attached hydrogens (primary N) is 1. The number of rotatable bonds is 1. The van der Waals surface area contributed by atoms with E-state index in [0.717, 1.165) is 16.3 Å². The Bertz CT molecular complexity index is 238. The van der Waals surface area contributed by atoms with Crippen molar-refractivity contribution in [1.29, 1.82) is 0 Å². The van der Waals surface area contributed by atoms with Crippen LogP contribution >= 0.6 is 24.0 Å². The minimum absolute atomic E-state index is 0. The number of nitrogens with one attached hydrogen (secondary N) is 1. The van der Waals surface area contributed by atoms with Crippen LogP contribution in [0.2, 0.25) is 5.02 Å². The Morgan fingerprint density at radius 2 is 2.09 bits per heavy atom. The number of hydrogen-bond acceptors (Lipinski definition) is 2. The van der Waals surface area contributed by atoms with E-state index in [2.05, 4.69) is 5.43 Å². The highest BCUT2D eigenvalue weighted by Gasteiger charge is 1.94. The molecule has 62 valence electrons. The summed E-state index contributed by atoms with van der Waals surface area (Å²) in [7, 11) is 0. The molecule has 1 aromatic rings. The van der Waals surface area contributed by atoms with Gasteiger partial charge in [-0.15, -0.1) is 12.4 Å². The first kappa shape index (κ1) is 10.6. The molecule has 11 heavy (non-hydrogen) atoms. The molecule has 0 unspecified atom stereocenters. The topological polar surface area (TPSA) is 38.0 Å². The van der Waals surface area contributed by atoms with Crippen LogP contribution in [-0.2, 0) is 0 Å². The second-order valence-corrected chi connectivity index (χ2v) is 2.54. The smallest absolute Gasteiger partial charge is 0.0515 e. The molecule has 0 aromatic heterocycles. The normalized spacial score (nSPS) is 8.64. The van der Waals surface area contributed by atoms with Gasteiger partial charge in [-0.05, 0) is 30.7 Å². The average Bonchev–Trinajstić information content (AvgIpc) is 1.88. The van der Waals surface area contributed by atoms with E-state index in [-0.39, 0.29) is 12.4 Å². The molecule has 0 saturated heterocycles. The van der Waals surface area contributed by atoms with E-state index < -0.39 is 0 Å². The molecule has 2 nitrogen and oxygen atoms in total. The Balaban J connectivity index is 0.000001000. The molecule has 0 fully saturated rings. The molecule has 0 atom stereocenters. The number of aryl methyl sites for hydroxylation is 1. The third-order valence-corrected chi connectivity index (χ3v) is 1.58. The van der Waals surface area contributed by atoms with E-state index in [1.54, 1.807) is 6.07 Å². The molecular weight excluding hydrogens is 183 g/mol. The summed E-state index contributed by atoms with van der Waals surface area (Å²) in [5.41, 5.74) is 4.52. The number of benzene rings is 1. The Labute approximate surface area is 77.1 Å². The van der Waals surface area contributed by atoms with Crippen molar-refractivity contribution < 1.29 is 0 Å². The monoisotopic (exact) mass is 192 g/mol. The van der Waals surface area contributed by atoms with Gasteiger partial charge in [0.25, 0.3) is 0 Å². The fraction of sp³-hybridized carbons (Fsp3) is 0.143. The molecule has 1 rings (SSSR count). The summed E-state index contributed by atoms with van der Waals surface area (Å²) >= 11 is 5.71. The summed E-state index contributed by atoms with van der Waals surface area (Å²) in [5, 5.41) is 0.733. The molecule has 0 aliphatic rings. The van der Waals surface area contributed by atoms with Crippen LogP contribution in [0.5, 0.6) is 0 Å². The van der Waals surface area contributed by atoms with E-state index in [1.165, 1.54) is 0 Å². The highest BCUT2D eigenvalue weighted by atomic mass is 35.5. The van der Waals surface area contributed by atoms with Crippen LogP contribution in [0, 0.1) is 6.92 Å². The van der Waals surface area contributed by atoms with Gasteiger partial charge in [-0.3, -0.25) is 5.84 Å². The van der Waals surface area contributed by atoms with Crippen molar-refractivity contribution in [1.82, 2.24) is 0 Å². The zero-order valence-electron chi connectivity index (χ0n) is 6.10. The number of nitrogen functional groups attached to an aromatic ring is 1. The third kappa shape index (κ3) is 2.58. The van der Waals surface area contributed by atoms with Crippen molar-refractivity contribution in [2.24, 2.45) is 5.84 Å². The largest absolute Gasteiger partial charge is 0.324 e. The third-order valence-electron chi connectivity index (χ3n) is 1.34. The van der Waals surface area contributed by atoms with Gasteiger partial charge in [0, 0.05) is 5.02 Å². The molecule has 1 aromatic carbocycles. The van der Waals surface area contributed by atoms with E-state index in [9.17, 15) is 0 Å². The first-order valence-corrected chi connectivity index (χ1v) is 3.34. The molecule has 3 N–H and O–H groups in total.